The third-order valence-electron chi connectivity index (χ3n) is 7.04. The molecule has 6 nitrogen and oxygen atoms in total. The maximum absolute atomic E-state index is 12.2. The maximum atomic E-state index is 12.2. The van der Waals surface area contributed by atoms with Gasteiger partial charge in [-0.3, -0.25) is 14.6 Å². The number of halogens is 3. The molecule has 1 unspecified atom stereocenters. The quantitative estimate of drug-likeness (QED) is 0.451. The molecular formula is C26H30Cl3N3O3. The molecule has 2 fully saturated rings. The summed E-state index contributed by atoms with van der Waals surface area (Å²) in [5, 5.41) is 1.74. The summed E-state index contributed by atoms with van der Waals surface area (Å²) in [5.74, 6) is 1.33. The third kappa shape index (κ3) is 6.49. The molecule has 2 aromatic rings. The van der Waals surface area contributed by atoms with Gasteiger partial charge in [-0.25, -0.2) is 0 Å². The molecule has 4 rings (SSSR count). The summed E-state index contributed by atoms with van der Waals surface area (Å²) in [6.07, 6.45) is 1.53. The van der Waals surface area contributed by atoms with Gasteiger partial charge in [0.05, 0.1) is 16.7 Å². The monoisotopic (exact) mass is 537 g/mol. The Kier molecular flexibility index (Phi) is 8.95. The van der Waals surface area contributed by atoms with Gasteiger partial charge in [-0.05, 0) is 54.3 Å². The molecule has 0 spiro atoms. The number of carbonyl (C=O) groups is 2. The van der Waals surface area contributed by atoms with Gasteiger partial charge in [0.25, 0.3) is 0 Å². The Balaban J connectivity index is 1.46. The summed E-state index contributed by atoms with van der Waals surface area (Å²) < 4.78 is 5.98. The number of nitrogens with zero attached hydrogens (tertiary/aromatic N) is 3. The summed E-state index contributed by atoms with van der Waals surface area (Å²) in [6, 6.07) is 13.1. The summed E-state index contributed by atoms with van der Waals surface area (Å²) in [6.45, 7) is 6.30. The molecule has 2 saturated heterocycles. The van der Waals surface area contributed by atoms with Crippen molar-refractivity contribution in [1.29, 1.82) is 0 Å². The average Bonchev–Trinajstić information content (AvgIpc) is 3.26. The number of ether oxygens (including phenoxy) is 1. The van der Waals surface area contributed by atoms with Gasteiger partial charge in [-0.1, -0.05) is 40.9 Å². The molecule has 2 heterocycles. The average molecular weight is 539 g/mol. The number of likely N-dealkylation sites (tertiary alicyclic amines) is 1. The molecule has 0 aromatic heterocycles. The first-order valence-electron chi connectivity index (χ1n) is 11.9. The highest BCUT2D eigenvalue weighted by Gasteiger charge is 2.39. The summed E-state index contributed by atoms with van der Waals surface area (Å²) in [5.41, 5.74) is 1.12. The van der Waals surface area contributed by atoms with E-state index < -0.39 is 0 Å². The highest BCUT2D eigenvalue weighted by Crippen LogP contribution is 2.38. The van der Waals surface area contributed by atoms with Gasteiger partial charge in [-0.15, -0.1) is 0 Å². The number of aldehydes is 1. The predicted molar refractivity (Wildman–Crippen MR) is 140 cm³/mol. The molecule has 2 aliphatic rings. The van der Waals surface area contributed by atoms with Gasteiger partial charge >= 0.3 is 0 Å². The fourth-order valence-corrected chi connectivity index (χ4v) is 5.53. The maximum Gasteiger partial charge on any atom is 0.219 e. The van der Waals surface area contributed by atoms with Crippen molar-refractivity contribution < 1.29 is 14.3 Å². The van der Waals surface area contributed by atoms with Crippen LogP contribution in [0.1, 0.15) is 24.8 Å². The van der Waals surface area contributed by atoms with Crippen LogP contribution in [0.3, 0.4) is 0 Å². The largest absolute Gasteiger partial charge is 0.494 e. The Morgan fingerprint density at radius 1 is 1.00 bits per heavy atom. The predicted octanol–water partition coefficient (Wildman–Crippen LogP) is 4.82. The molecule has 0 radical (unpaired) electrons. The standard InChI is InChI=1S/C26H30Cl3N3O3/c1-18(34)30-9-11-31(12-10-30)26(17-33)32-15-20(8-13-35-22-5-3-21(27)4-6-22)23(16-32)19-2-7-24(28)25(29)14-19/h2-7,14,17,20,23,26H,8-13,15-16H2,1H3/t20-,23-,26?/m1/s1. The Hall–Kier alpha value is -1.83. The minimum Gasteiger partial charge on any atom is -0.494 e. The molecule has 1 amide bonds. The number of benzene rings is 2. The van der Waals surface area contributed by atoms with Crippen molar-refractivity contribution in [3.8, 4) is 5.75 Å². The van der Waals surface area contributed by atoms with Crippen molar-refractivity contribution in [3.05, 3.63) is 63.1 Å². The summed E-state index contributed by atoms with van der Waals surface area (Å²) >= 11 is 18.5. The number of amides is 1. The molecule has 0 N–H and O–H groups in total. The first kappa shape index (κ1) is 26.2. The summed E-state index contributed by atoms with van der Waals surface area (Å²) in [7, 11) is 0. The first-order valence-corrected chi connectivity index (χ1v) is 13.0. The Labute approximate surface area is 221 Å². The van der Waals surface area contributed by atoms with Crippen molar-refractivity contribution in [3.63, 3.8) is 0 Å². The molecular weight excluding hydrogens is 509 g/mol. The number of rotatable bonds is 8. The highest BCUT2D eigenvalue weighted by atomic mass is 35.5. The number of hydrogen-bond acceptors (Lipinski definition) is 5. The number of hydrogen-bond donors (Lipinski definition) is 0. The molecule has 2 aromatic carbocycles. The Bertz CT molecular complexity index is 1030. The zero-order valence-electron chi connectivity index (χ0n) is 19.7. The van der Waals surface area contributed by atoms with Crippen molar-refractivity contribution >= 4 is 47.0 Å². The molecule has 35 heavy (non-hydrogen) atoms. The fourth-order valence-electron chi connectivity index (χ4n) is 5.10. The topological polar surface area (TPSA) is 53.1 Å². The van der Waals surface area contributed by atoms with E-state index in [4.69, 9.17) is 39.5 Å². The Morgan fingerprint density at radius 2 is 1.71 bits per heavy atom. The number of carbonyl (C=O) groups excluding carboxylic acids is 2. The minimum atomic E-state index is -0.323. The normalized spacial score (nSPS) is 22.2. The SMILES string of the molecule is CC(=O)N1CCN(C(C=O)N2C[C@@H](CCOc3ccc(Cl)cc3)[C@@H](c3ccc(Cl)c(Cl)c3)C2)CC1. The second-order valence-electron chi connectivity index (χ2n) is 9.18. The van der Waals surface area contributed by atoms with E-state index in [9.17, 15) is 9.59 Å². The Morgan fingerprint density at radius 3 is 2.34 bits per heavy atom. The lowest BCUT2D eigenvalue weighted by atomic mass is 9.87. The van der Waals surface area contributed by atoms with Crippen molar-refractivity contribution in [2.24, 2.45) is 5.92 Å². The van der Waals surface area contributed by atoms with Gasteiger partial charge in [0.2, 0.25) is 5.91 Å². The fraction of sp³-hybridized carbons (Fsp3) is 0.462. The molecule has 188 valence electrons. The second kappa shape index (κ2) is 11.9. The lowest BCUT2D eigenvalue weighted by molar-refractivity contribution is -0.132. The van der Waals surface area contributed by atoms with E-state index in [0.29, 0.717) is 47.9 Å². The van der Waals surface area contributed by atoms with Crippen LogP contribution in [0, 0.1) is 5.92 Å². The van der Waals surface area contributed by atoms with Gasteiger partial charge in [0.1, 0.15) is 11.9 Å². The molecule has 3 atom stereocenters. The van der Waals surface area contributed by atoms with E-state index in [2.05, 4.69) is 9.80 Å². The van der Waals surface area contributed by atoms with Crippen LogP contribution in [0.4, 0.5) is 0 Å². The molecule has 9 heteroatoms. The van der Waals surface area contributed by atoms with Crippen molar-refractivity contribution in [1.82, 2.24) is 14.7 Å². The zero-order valence-corrected chi connectivity index (χ0v) is 22.0. The van der Waals surface area contributed by atoms with E-state index in [1.54, 1.807) is 6.92 Å². The van der Waals surface area contributed by atoms with Crippen LogP contribution in [-0.4, -0.2) is 78.9 Å². The molecule has 0 aliphatic carbocycles. The van der Waals surface area contributed by atoms with Crippen LogP contribution in [0.5, 0.6) is 5.75 Å². The van der Waals surface area contributed by atoms with E-state index in [1.165, 1.54) is 0 Å². The van der Waals surface area contributed by atoms with Crippen LogP contribution in [0.15, 0.2) is 42.5 Å². The van der Waals surface area contributed by atoms with Crippen LogP contribution < -0.4 is 4.74 Å². The molecule has 0 bridgehead atoms. The van der Waals surface area contributed by atoms with Crippen molar-refractivity contribution in [2.75, 3.05) is 45.9 Å². The third-order valence-corrected chi connectivity index (χ3v) is 8.03. The van der Waals surface area contributed by atoms with Gasteiger partial charge in [-0.2, -0.15) is 0 Å². The first-order chi connectivity index (χ1) is 16.9. The molecule has 2 aliphatic heterocycles. The van der Waals surface area contributed by atoms with Gasteiger partial charge < -0.3 is 14.4 Å². The zero-order chi connectivity index (χ0) is 24.9. The van der Waals surface area contributed by atoms with E-state index in [0.717, 1.165) is 37.1 Å². The second-order valence-corrected chi connectivity index (χ2v) is 10.4. The van der Waals surface area contributed by atoms with E-state index in [-0.39, 0.29) is 23.9 Å². The van der Waals surface area contributed by atoms with Crippen LogP contribution in [-0.2, 0) is 9.59 Å². The minimum absolute atomic E-state index is 0.0777. The van der Waals surface area contributed by atoms with Gasteiger partial charge in [0, 0.05) is 57.1 Å². The highest BCUT2D eigenvalue weighted by molar-refractivity contribution is 6.42. The number of piperazine rings is 1. The lowest BCUT2D eigenvalue weighted by Crippen LogP contribution is -2.56. The van der Waals surface area contributed by atoms with Crippen molar-refractivity contribution in [2.45, 2.75) is 25.4 Å². The van der Waals surface area contributed by atoms with Crippen LogP contribution in [0.25, 0.3) is 0 Å². The van der Waals surface area contributed by atoms with Gasteiger partial charge in [0.15, 0.2) is 6.29 Å². The van der Waals surface area contributed by atoms with Crippen LogP contribution >= 0.6 is 34.8 Å². The van der Waals surface area contributed by atoms with Crippen LogP contribution in [0.2, 0.25) is 15.1 Å². The lowest BCUT2D eigenvalue weighted by Gasteiger charge is -2.40. The smallest absolute Gasteiger partial charge is 0.219 e. The van der Waals surface area contributed by atoms with E-state index in [1.807, 2.05) is 47.4 Å². The van der Waals surface area contributed by atoms with E-state index >= 15 is 0 Å². The molecule has 0 saturated carbocycles. The summed E-state index contributed by atoms with van der Waals surface area (Å²) in [4.78, 5) is 30.2.